The number of carbonyl (C=O) groups is 2. The van der Waals surface area contributed by atoms with Crippen LogP contribution in [0.25, 0.3) is 0 Å². The quantitative estimate of drug-likeness (QED) is 0.447. The Balaban J connectivity index is 2.26. The molecule has 2 aromatic carbocycles. The molecule has 0 amide bonds. The van der Waals surface area contributed by atoms with Gasteiger partial charge in [0.2, 0.25) is 0 Å². The van der Waals surface area contributed by atoms with Crippen molar-refractivity contribution >= 4 is 34.5 Å². The minimum atomic E-state index is -0.256. The molecule has 2 aromatic rings. The van der Waals surface area contributed by atoms with Gasteiger partial charge in [0, 0.05) is 10.6 Å². The standard InChI is InChI=1S/C16H13ClN2O2/c1-11(20)10-16(21)14-4-2-3-5-15(14)19-18-13-8-6-12(17)7-9-13/h2-9H,10H2,1H3. The van der Waals surface area contributed by atoms with Crippen molar-refractivity contribution in [2.24, 2.45) is 10.2 Å². The van der Waals surface area contributed by atoms with E-state index >= 15 is 0 Å². The van der Waals surface area contributed by atoms with Crippen LogP contribution in [-0.4, -0.2) is 11.6 Å². The summed E-state index contributed by atoms with van der Waals surface area (Å²) in [6.45, 7) is 1.38. The van der Waals surface area contributed by atoms with E-state index < -0.39 is 0 Å². The Morgan fingerprint density at radius 1 is 1.00 bits per heavy atom. The van der Waals surface area contributed by atoms with Crippen LogP contribution in [0.2, 0.25) is 5.02 Å². The van der Waals surface area contributed by atoms with E-state index in [1.807, 2.05) is 0 Å². The SMILES string of the molecule is CC(=O)CC(=O)c1ccccc1N=Nc1ccc(Cl)cc1. The van der Waals surface area contributed by atoms with E-state index in [1.54, 1.807) is 48.5 Å². The molecule has 0 radical (unpaired) electrons. The first-order chi connectivity index (χ1) is 10.1. The molecule has 0 aliphatic carbocycles. The van der Waals surface area contributed by atoms with Crippen LogP contribution in [0.1, 0.15) is 23.7 Å². The van der Waals surface area contributed by atoms with Crippen LogP contribution in [0, 0.1) is 0 Å². The number of ketones is 2. The van der Waals surface area contributed by atoms with Crippen molar-refractivity contribution in [3.05, 3.63) is 59.1 Å². The molecule has 0 bridgehead atoms. The van der Waals surface area contributed by atoms with Crippen molar-refractivity contribution in [3.63, 3.8) is 0 Å². The van der Waals surface area contributed by atoms with Gasteiger partial charge in [0.05, 0.1) is 17.8 Å². The maximum absolute atomic E-state index is 12.0. The zero-order valence-corrected chi connectivity index (χ0v) is 12.2. The number of azo groups is 1. The highest BCUT2D eigenvalue weighted by molar-refractivity contribution is 6.30. The zero-order valence-electron chi connectivity index (χ0n) is 11.4. The highest BCUT2D eigenvalue weighted by atomic mass is 35.5. The lowest BCUT2D eigenvalue weighted by Gasteiger charge is -2.02. The average molecular weight is 301 g/mol. The van der Waals surface area contributed by atoms with E-state index in [4.69, 9.17) is 11.6 Å². The van der Waals surface area contributed by atoms with Gasteiger partial charge in [-0.25, -0.2) is 0 Å². The van der Waals surface area contributed by atoms with Gasteiger partial charge >= 0.3 is 0 Å². The molecule has 0 aliphatic rings. The van der Waals surface area contributed by atoms with E-state index in [1.165, 1.54) is 6.92 Å². The molecule has 5 heteroatoms. The Hall–Kier alpha value is -2.33. The minimum Gasteiger partial charge on any atom is -0.300 e. The summed E-state index contributed by atoms with van der Waals surface area (Å²) in [6, 6.07) is 13.7. The predicted molar refractivity (Wildman–Crippen MR) is 81.7 cm³/mol. The first kappa shape index (κ1) is 15.1. The number of hydrogen-bond acceptors (Lipinski definition) is 4. The lowest BCUT2D eigenvalue weighted by Crippen LogP contribution is -2.04. The molecule has 0 spiro atoms. The van der Waals surface area contributed by atoms with Gasteiger partial charge in [-0.05, 0) is 43.3 Å². The molecular formula is C16H13ClN2O2. The van der Waals surface area contributed by atoms with Gasteiger partial charge in [-0.15, -0.1) is 5.11 Å². The van der Waals surface area contributed by atoms with E-state index in [2.05, 4.69) is 10.2 Å². The maximum Gasteiger partial charge on any atom is 0.172 e. The zero-order chi connectivity index (χ0) is 15.2. The van der Waals surface area contributed by atoms with Crippen LogP contribution in [0.3, 0.4) is 0 Å². The predicted octanol–water partition coefficient (Wildman–Crippen LogP) is 4.92. The Kier molecular flexibility index (Phi) is 4.95. The van der Waals surface area contributed by atoms with Crippen molar-refractivity contribution in [2.45, 2.75) is 13.3 Å². The summed E-state index contributed by atoms with van der Waals surface area (Å²) in [5.41, 5.74) is 1.47. The summed E-state index contributed by atoms with van der Waals surface area (Å²) in [6.07, 6.45) is -0.131. The van der Waals surface area contributed by atoms with Crippen LogP contribution < -0.4 is 0 Å². The second-order valence-electron chi connectivity index (χ2n) is 4.50. The highest BCUT2D eigenvalue weighted by Crippen LogP contribution is 2.24. The smallest absolute Gasteiger partial charge is 0.172 e. The van der Waals surface area contributed by atoms with Gasteiger partial charge in [0.25, 0.3) is 0 Å². The summed E-state index contributed by atoms with van der Waals surface area (Å²) >= 11 is 5.80. The largest absolute Gasteiger partial charge is 0.300 e. The van der Waals surface area contributed by atoms with Crippen molar-refractivity contribution in [3.8, 4) is 0 Å². The fraction of sp³-hybridized carbons (Fsp3) is 0.125. The Bertz CT molecular complexity index is 694. The van der Waals surface area contributed by atoms with Gasteiger partial charge in [-0.2, -0.15) is 5.11 Å². The normalized spacial score (nSPS) is 10.8. The molecule has 0 heterocycles. The second kappa shape index (κ2) is 6.90. The Morgan fingerprint density at radius 2 is 1.67 bits per heavy atom. The molecule has 106 valence electrons. The van der Waals surface area contributed by atoms with Crippen LogP contribution in [-0.2, 0) is 4.79 Å². The molecule has 0 unspecified atom stereocenters. The Labute approximate surface area is 127 Å². The molecular weight excluding hydrogens is 288 g/mol. The fourth-order valence-electron chi connectivity index (χ4n) is 1.74. The summed E-state index contributed by atoms with van der Waals surface area (Å²) < 4.78 is 0. The van der Waals surface area contributed by atoms with E-state index in [0.29, 0.717) is 22.0 Å². The van der Waals surface area contributed by atoms with E-state index in [-0.39, 0.29) is 18.0 Å². The molecule has 0 saturated heterocycles. The number of halogens is 1. The van der Waals surface area contributed by atoms with Gasteiger partial charge in [-0.3, -0.25) is 9.59 Å². The number of nitrogens with zero attached hydrogens (tertiary/aromatic N) is 2. The molecule has 4 nitrogen and oxygen atoms in total. The first-order valence-corrected chi connectivity index (χ1v) is 6.73. The molecule has 2 rings (SSSR count). The third-order valence-corrected chi connectivity index (χ3v) is 2.97. The third-order valence-electron chi connectivity index (χ3n) is 2.71. The molecule has 0 fully saturated rings. The minimum absolute atomic E-state index is 0.131. The first-order valence-electron chi connectivity index (χ1n) is 6.35. The molecule has 0 atom stereocenters. The molecule has 0 aliphatic heterocycles. The topological polar surface area (TPSA) is 58.9 Å². The summed E-state index contributed by atoms with van der Waals surface area (Å²) in [5.74, 6) is -0.433. The fourth-order valence-corrected chi connectivity index (χ4v) is 1.86. The summed E-state index contributed by atoms with van der Waals surface area (Å²) in [4.78, 5) is 23.1. The molecule has 21 heavy (non-hydrogen) atoms. The molecule has 0 N–H and O–H groups in total. The van der Waals surface area contributed by atoms with Crippen LogP contribution in [0.4, 0.5) is 11.4 Å². The van der Waals surface area contributed by atoms with Crippen LogP contribution in [0.15, 0.2) is 58.8 Å². The van der Waals surface area contributed by atoms with Gasteiger partial charge in [0.15, 0.2) is 5.78 Å². The number of hydrogen-bond donors (Lipinski definition) is 0. The monoisotopic (exact) mass is 300 g/mol. The average Bonchev–Trinajstić information content (AvgIpc) is 2.46. The van der Waals surface area contributed by atoms with Crippen LogP contribution in [0.5, 0.6) is 0 Å². The Morgan fingerprint density at radius 3 is 2.33 bits per heavy atom. The highest BCUT2D eigenvalue weighted by Gasteiger charge is 2.12. The lowest BCUT2D eigenvalue weighted by molar-refractivity contribution is -0.116. The van der Waals surface area contributed by atoms with Gasteiger partial charge in [0.1, 0.15) is 5.78 Å². The lowest BCUT2D eigenvalue weighted by atomic mass is 10.0. The number of rotatable bonds is 5. The van der Waals surface area contributed by atoms with Gasteiger partial charge < -0.3 is 0 Å². The van der Waals surface area contributed by atoms with Crippen molar-refractivity contribution in [2.75, 3.05) is 0 Å². The second-order valence-corrected chi connectivity index (χ2v) is 4.93. The van der Waals surface area contributed by atoms with E-state index in [0.717, 1.165) is 0 Å². The summed E-state index contributed by atoms with van der Waals surface area (Å²) in [5, 5.41) is 8.77. The van der Waals surface area contributed by atoms with Crippen LogP contribution >= 0.6 is 11.6 Å². The molecule has 0 aromatic heterocycles. The number of Topliss-reactive ketones (excluding diaryl/α,β-unsaturated/α-hetero) is 2. The molecule has 0 saturated carbocycles. The van der Waals surface area contributed by atoms with Gasteiger partial charge in [-0.1, -0.05) is 23.7 Å². The number of carbonyl (C=O) groups excluding carboxylic acids is 2. The van der Waals surface area contributed by atoms with Crippen molar-refractivity contribution < 1.29 is 9.59 Å². The number of benzene rings is 2. The van der Waals surface area contributed by atoms with Crippen molar-refractivity contribution in [1.82, 2.24) is 0 Å². The van der Waals surface area contributed by atoms with Crippen molar-refractivity contribution in [1.29, 1.82) is 0 Å². The van der Waals surface area contributed by atoms with E-state index in [9.17, 15) is 9.59 Å². The maximum atomic E-state index is 12.0. The summed E-state index contributed by atoms with van der Waals surface area (Å²) in [7, 11) is 0. The third kappa shape index (κ3) is 4.33.